The van der Waals surface area contributed by atoms with E-state index in [0.717, 1.165) is 11.0 Å². The summed E-state index contributed by atoms with van der Waals surface area (Å²) in [4.78, 5) is 34.0. The molecule has 0 bridgehead atoms. The summed E-state index contributed by atoms with van der Waals surface area (Å²) >= 11 is 0. The summed E-state index contributed by atoms with van der Waals surface area (Å²) in [6, 6.07) is 11.0. The van der Waals surface area contributed by atoms with Crippen LogP contribution >= 0.6 is 0 Å². The zero-order chi connectivity index (χ0) is 22.5. The summed E-state index contributed by atoms with van der Waals surface area (Å²) in [5.74, 6) is 1.36. The fourth-order valence-corrected chi connectivity index (χ4v) is 3.60. The fraction of sp³-hybridized carbons (Fsp3) is 0.227. The van der Waals surface area contributed by atoms with Gasteiger partial charge in [-0.15, -0.1) is 0 Å². The lowest BCUT2D eigenvalue weighted by Crippen LogP contribution is -2.23. The van der Waals surface area contributed by atoms with E-state index in [0.29, 0.717) is 40.9 Å². The fourth-order valence-electron chi connectivity index (χ4n) is 3.60. The lowest BCUT2D eigenvalue weighted by atomic mass is 10.1. The average molecular weight is 430 g/mol. The molecule has 0 radical (unpaired) electrons. The van der Waals surface area contributed by atoms with E-state index < -0.39 is 5.60 Å². The Labute approximate surface area is 182 Å². The van der Waals surface area contributed by atoms with Gasteiger partial charge in [-0.05, 0) is 51.1 Å². The highest BCUT2D eigenvalue weighted by Gasteiger charge is 2.21. The molecule has 0 aliphatic heterocycles. The Morgan fingerprint density at radius 2 is 1.97 bits per heavy atom. The van der Waals surface area contributed by atoms with Crippen LogP contribution in [0.2, 0.25) is 0 Å². The maximum absolute atomic E-state index is 13.0. The summed E-state index contributed by atoms with van der Waals surface area (Å²) in [6.45, 7) is 5.62. The van der Waals surface area contributed by atoms with Crippen molar-refractivity contribution in [1.29, 1.82) is 0 Å². The Morgan fingerprint density at radius 1 is 1.12 bits per heavy atom. The first-order valence-corrected chi connectivity index (χ1v) is 10.2. The highest BCUT2D eigenvalue weighted by Crippen LogP contribution is 2.22. The van der Waals surface area contributed by atoms with Crippen molar-refractivity contribution < 1.29 is 5.11 Å². The zero-order valence-electron chi connectivity index (χ0n) is 17.9. The molecule has 0 atom stereocenters. The molecule has 5 rings (SSSR count). The van der Waals surface area contributed by atoms with Gasteiger partial charge < -0.3 is 15.4 Å². The van der Waals surface area contributed by atoms with Crippen LogP contribution in [0, 0.1) is 0 Å². The third-order valence-corrected chi connectivity index (χ3v) is 5.20. The van der Waals surface area contributed by atoms with Crippen LogP contribution in [0.25, 0.3) is 27.9 Å². The van der Waals surface area contributed by atoms with Crippen molar-refractivity contribution in [3.8, 4) is 5.82 Å². The lowest BCUT2D eigenvalue weighted by molar-refractivity contribution is 0.0738. The number of pyridine rings is 2. The largest absolute Gasteiger partial charge is 0.384 e. The maximum Gasteiger partial charge on any atom is 0.278 e. The van der Waals surface area contributed by atoms with Gasteiger partial charge in [-0.3, -0.25) is 4.79 Å². The molecule has 5 aromatic rings. The normalized spacial score (nSPS) is 12.0. The van der Waals surface area contributed by atoms with E-state index in [1.54, 1.807) is 41.4 Å². The van der Waals surface area contributed by atoms with E-state index in [1.165, 1.54) is 6.20 Å². The van der Waals surface area contributed by atoms with Gasteiger partial charge in [0.1, 0.15) is 22.5 Å². The third kappa shape index (κ3) is 3.30. The van der Waals surface area contributed by atoms with Gasteiger partial charge in [-0.25, -0.2) is 24.3 Å². The number of rotatable bonds is 5. The first-order valence-electron chi connectivity index (χ1n) is 10.2. The predicted octanol–water partition coefficient (Wildman–Crippen LogP) is 2.84. The smallest absolute Gasteiger partial charge is 0.278 e. The Balaban J connectivity index is 1.64. The summed E-state index contributed by atoms with van der Waals surface area (Å²) < 4.78 is 3.20. The molecule has 10 heteroatoms. The van der Waals surface area contributed by atoms with E-state index in [-0.39, 0.29) is 5.56 Å². The van der Waals surface area contributed by atoms with Crippen molar-refractivity contribution in [2.45, 2.75) is 32.9 Å². The summed E-state index contributed by atoms with van der Waals surface area (Å²) in [5.41, 5.74) is 0.312. The van der Waals surface area contributed by atoms with E-state index in [9.17, 15) is 9.90 Å². The van der Waals surface area contributed by atoms with Crippen LogP contribution < -0.4 is 10.9 Å². The van der Waals surface area contributed by atoms with Crippen molar-refractivity contribution in [2.75, 3.05) is 5.32 Å². The van der Waals surface area contributed by atoms with E-state index in [2.05, 4.69) is 30.2 Å². The molecule has 0 unspecified atom stereocenters. The zero-order valence-corrected chi connectivity index (χ0v) is 17.9. The Morgan fingerprint density at radius 3 is 2.75 bits per heavy atom. The molecule has 0 saturated heterocycles. The van der Waals surface area contributed by atoms with Crippen LogP contribution in [0.4, 0.5) is 11.8 Å². The van der Waals surface area contributed by atoms with Gasteiger partial charge in [-0.2, -0.15) is 4.98 Å². The number of nitrogens with one attached hydrogen (secondary N) is 2. The molecule has 5 aromatic heterocycles. The number of aromatic amines is 1. The summed E-state index contributed by atoms with van der Waals surface area (Å²) in [7, 11) is 0. The quantitative estimate of drug-likeness (QED) is 0.391. The molecule has 3 N–H and O–H groups in total. The Kier molecular flexibility index (Phi) is 4.52. The van der Waals surface area contributed by atoms with Crippen LogP contribution in [0.5, 0.6) is 0 Å². The minimum atomic E-state index is -1.12. The van der Waals surface area contributed by atoms with Gasteiger partial charge in [0.25, 0.3) is 5.56 Å². The molecule has 10 nitrogen and oxygen atoms in total. The molecule has 32 heavy (non-hydrogen) atoms. The van der Waals surface area contributed by atoms with E-state index >= 15 is 0 Å². The molecular weight excluding hydrogens is 408 g/mol. The molecule has 0 amide bonds. The van der Waals surface area contributed by atoms with Gasteiger partial charge in [0.05, 0.1) is 5.69 Å². The molecule has 5 heterocycles. The summed E-state index contributed by atoms with van der Waals surface area (Å²) in [5, 5.41) is 14.9. The number of anilines is 2. The average Bonchev–Trinajstić information content (AvgIpc) is 3.34. The van der Waals surface area contributed by atoms with Crippen molar-refractivity contribution >= 4 is 33.8 Å². The van der Waals surface area contributed by atoms with Crippen molar-refractivity contribution in [3.05, 3.63) is 64.8 Å². The SMILES string of the molecule is CCn1c(=O)c2cnc(Nc3ccc4cc[nH]c4n3)nc2n1-c1cccc(C(C)(C)O)n1. The first-order chi connectivity index (χ1) is 15.3. The minimum Gasteiger partial charge on any atom is -0.384 e. The number of nitrogens with zero attached hydrogens (tertiary/aromatic N) is 6. The third-order valence-electron chi connectivity index (χ3n) is 5.20. The molecule has 162 valence electrons. The van der Waals surface area contributed by atoms with Gasteiger partial charge in [0.2, 0.25) is 5.95 Å². The molecular formula is C22H22N8O2. The van der Waals surface area contributed by atoms with Crippen LogP contribution in [0.15, 0.2) is 53.6 Å². The number of hydrogen-bond donors (Lipinski definition) is 3. The van der Waals surface area contributed by atoms with Crippen molar-refractivity contribution in [3.63, 3.8) is 0 Å². The standard InChI is InChI=1S/C22H22N8O2/c1-4-29-20(31)14-12-24-21(27-16-9-8-13-10-11-23-18(13)26-16)28-19(14)30(29)17-7-5-6-15(25-17)22(2,3)32/h5-12,32H,4H2,1-3H3,(H2,23,24,26,27,28). The highest BCUT2D eigenvalue weighted by molar-refractivity contribution is 5.79. The molecule has 0 aromatic carbocycles. The van der Waals surface area contributed by atoms with Crippen molar-refractivity contribution in [1.82, 2.24) is 34.3 Å². The van der Waals surface area contributed by atoms with Gasteiger partial charge in [0, 0.05) is 24.3 Å². The Hall–Kier alpha value is -4.05. The predicted molar refractivity (Wildman–Crippen MR) is 121 cm³/mol. The number of hydrogen-bond acceptors (Lipinski definition) is 7. The number of H-pyrrole nitrogens is 1. The van der Waals surface area contributed by atoms with E-state index in [4.69, 9.17) is 0 Å². The lowest BCUT2D eigenvalue weighted by Gasteiger charge is -2.18. The van der Waals surface area contributed by atoms with Gasteiger partial charge in [-0.1, -0.05) is 6.07 Å². The Bertz CT molecular complexity index is 1510. The molecule has 0 fully saturated rings. The van der Waals surface area contributed by atoms with Gasteiger partial charge >= 0.3 is 0 Å². The number of fused-ring (bicyclic) bond motifs is 2. The second-order valence-corrected chi connectivity index (χ2v) is 7.94. The van der Waals surface area contributed by atoms with Crippen LogP contribution in [-0.4, -0.2) is 39.4 Å². The van der Waals surface area contributed by atoms with Crippen LogP contribution in [0.3, 0.4) is 0 Å². The topological polar surface area (TPSA) is 127 Å². The molecule has 0 spiro atoms. The molecule has 0 aliphatic rings. The summed E-state index contributed by atoms with van der Waals surface area (Å²) in [6.07, 6.45) is 3.33. The van der Waals surface area contributed by atoms with Crippen LogP contribution in [0.1, 0.15) is 26.5 Å². The second-order valence-electron chi connectivity index (χ2n) is 7.94. The molecule has 0 saturated carbocycles. The second kappa shape index (κ2) is 7.27. The highest BCUT2D eigenvalue weighted by atomic mass is 16.3. The number of aliphatic hydroxyl groups is 1. The van der Waals surface area contributed by atoms with Crippen LogP contribution in [-0.2, 0) is 12.1 Å². The first kappa shape index (κ1) is 19.9. The van der Waals surface area contributed by atoms with Crippen molar-refractivity contribution in [2.24, 2.45) is 0 Å². The van der Waals surface area contributed by atoms with Gasteiger partial charge in [0.15, 0.2) is 11.5 Å². The minimum absolute atomic E-state index is 0.213. The monoisotopic (exact) mass is 430 g/mol. The maximum atomic E-state index is 13.0. The number of aromatic nitrogens is 7. The van der Waals surface area contributed by atoms with E-state index in [1.807, 2.05) is 31.3 Å². The molecule has 0 aliphatic carbocycles.